The van der Waals surface area contributed by atoms with Gasteiger partial charge in [0.2, 0.25) is 11.8 Å². The van der Waals surface area contributed by atoms with Gasteiger partial charge in [0.25, 0.3) is 5.91 Å². The fourth-order valence-corrected chi connectivity index (χ4v) is 2.00. The lowest BCUT2D eigenvalue weighted by Crippen LogP contribution is -2.57. The van der Waals surface area contributed by atoms with E-state index in [0.29, 0.717) is 18.2 Å². The molecule has 15 heteroatoms. The summed E-state index contributed by atoms with van der Waals surface area (Å²) in [5.41, 5.74) is 5.05. The van der Waals surface area contributed by atoms with Crippen LogP contribution in [0.15, 0.2) is 0 Å². The highest BCUT2D eigenvalue weighted by atomic mass is 16.6. The van der Waals surface area contributed by atoms with Crippen molar-refractivity contribution in [2.24, 2.45) is 17.5 Å². The third-order valence-corrected chi connectivity index (χ3v) is 3.42. The first-order valence-corrected chi connectivity index (χ1v) is 8.96. The van der Waals surface area contributed by atoms with Crippen LogP contribution in [0.4, 0.5) is 4.79 Å². The van der Waals surface area contributed by atoms with Crippen molar-refractivity contribution in [1.29, 1.82) is 0 Å². The van der Waals surface area contributed by atoms with Crippen LogP contribution in [0, 0.1) is 0 Å². The van der Waals surface area contributed by atoms with E-state index in [2.05, 4.69) is 20.8 Å². The Kier molecular flexibility index (Phi) is 14.9. The fraction of sp³-hybridized carbons (Fsp3) is 0.733. The number of ether oxygens (including phenoxy) is 2. The van der Waals surface area contributed by atoms with Crippen LogP contribution in [0.1, 0.15) is 6.42 Å². The molecular weight excluding hydrogens is 406 g/mol. The SMILES string of the molecule is CN(N)C(=O)[C@@H](CC(N)=O)NC(=O)N[C@H](CO)C(=O)NCCOCCOCCON. The van der Waals surface area contributed by atoms with Gasteiger partial charge in [-0.2, -0.15) is 0 Å². The van der Waals surface area contributed by atoms with Crippen LogP contribution < -0.4 is 33.4 Å². The molecule has 10 N–H and O–H groups in total. The highest BCUT2D eigenvalue weighted by molar-refractivity contribution is 5.92. The van der Waals surface area contributed by atoms with E-state index < -0.39 is 48.9 Å². The summed E-state index contributed by atoms with van der Waals surface area (Å²) >= 11 is 0. The summed E-state index contributed by atoms with van der Waals surface area (Å²) in [6.07, 6.45) is -0.496. The number of rotatable bonds is 16. The summed E-state index contributed by atoms with van der Waals surface area (Å²) in [5.74, 6) is 7.85. The minimum Gasteiger partial charge on any atom is -0.394 e. The fourth-order valence-electron chi connectivity index (χ4n) is 2.00. The number of hydrazine groups is 1. The summed E-state index contributed by atoms with van der Waals surface area (Å²) < 4.78 is 10.3. The molecule has 2 atom stereocenters. The van der Waals surface area contributed by atoms with Gasteiger partial charge in [0.15, 0.2) is 0 Å². The van der Waals surface area contributed by atoms with Crippen LogP contribution in [-0.4, -0.2) is 99.2 Å². The topological polar surface area (TPSA) is 234 Å². The van der Waals surface area contributed by atoms with E-state index in [4.69, 9.17) is 26.9 Å². The molecule has 0 unspecified atom stereocenters. The first-order valence-electron chi connectivity index (χ1n) is 8.96. The number of aliphatic hydroxyl groups excluding tert-OH is 1. The van der Waals surface area contributed by atoms with E-state index >= 15 is 0 Å². The highest BCUT2D eigenvalue weighted by Crippen LogP contribution is 1.96. The minimum atomic E-state index is -1.33. The van der Waals surface area contributed by atoms with Gasteiger partial charge >= 0.3 is 6.03 Å². The zero-order chi connectivity index (χ0) is 22.9. The zero-order valence-corrected chi connectivity index (χ0v) is 16.8. The Morgan fingerprint density at radius 2 is 1.57 bits per heavy atom. The molecule has 0 aromatic carbocycles. The maximum Gasteiger partial charge on any atom is 0.316 e. The van der Waals surface area contributed by atoms with Gasteiger partial charge < -0.3 is 41.1 Å². The molecule has 0 heterocycles. The Morgan fingerprint density at radius 1 is 1.00 bits per heavy atom. The molecule has 0 spiro atoms. The van der Waals surface area contributed by atoms with E-state index in [0.717, 1.165) is 0 Å². The zero-order valence-electron chi connectivity index (χ0n) is 16.8. The van der Waals surface area contributed by atoms with E-state index in [1.54, 1.807) is 0 Å². The Bertz CT molecular complexity index is 549. The van der Waals surface area contributed by atoms with Crippen molar-refractivity contribution in [2.75, 3.05) is 53.2 Å². The number of primary amides is 1. The first-order chi connectivity index (χ1) is 14.2. The molecule has 0 bridgehead atoms. The van der Waals surface area contributed by atoms with Crippen LogP contribution in [0.5, 0.6) is 0 Å². The van der Waals surface area contributed by atoms with E-state index in [1.807, 2.05) is 0 Å². The number of likely N-dealkylation sites (N-methyl/N-ethyl adjacent to an activating group) is 1. The van der Waals surface area contributed by atoms with Gasteiger partial charge in [0.1, 0.15) is 12.1 Å². The Balaban J connectivity index is 4.31. The predicted octanol–water partition coefficient (Wildman–Crippen LogP) is -4.74. The van der Waals surface area contributed by atoms with E-state index in [1.165, 1.54) is 7.05 Å². The molecule has 0 saturated carbocycles. The lowest BCUT2D eigenvalue weighted by atomic mass is 10.2. The van der Waals surface area contributed by atoms with Gasteiger partial charge in [-0.3, -0.25) is 19.4 Å². The van der Waals surface area contributed by atoms with Gasteiger partial charge in [-0.15, -0.1) is 0 Å². The predicted molar refractivity (Wildman–Crippen MR) is 102 cm³/mol. The number of urea groups is 1. The van der Waals surface area contributed by atoms with Gasteiger partial charge in [0, 0.05) is 13.6 Å². The number of nitrogens with two attached hydrogens (primary N) is 3. The number of nitrogens with one attached hydrogen (secondary N) is 3. The molecule has 30 heavy (non-hydrogen) atoms. The molecule has 0 aliphatic carbocycles. The van der Waals surface area contributed by atoms with Crippen molar-refractivity contribution in [3.8, 4) is 0 Å². The number of hydrogen-bond acceptors (Lipinski definition) is 10. The monoisotopic (exact) mass is 437 g/mol. The van der Waals surface area contributed by atoms with Gasteiger partial charge in [-0.25, -0.2) is 16.5 Å². The van der Waals surface area contributed by atoms with Crippen molar-refractivity contribution < 1.29 is 38.6 Å². The number of aliphatic hydroxyl groups is 1. The van der Waals surface area contributed by atoms with Crippen LogP contribution in [-0.2, 0) is 28.7 Å². The van der Waals surface area contributed by atoms with Crippen LogP contribution in [0.3, 0.4) is 0 Å². The molecule has 0 aromatic rings. The number of carbonyl (C=O) groups excluding carboxylic acids is 4. The van der Waals surface area contributed by atoms with Crippen LogP contribution in [0.2, 0.25) is 0 Å². The van der Waals surface area contributed by atoms with Crippen molar-refractivity contribution in [3.63, 3.8) is 0 Å². The van der Waals surface area contributed by atoms with Gasteiger partial charge in [0.05, 0.1) is 46.1 Å². The Labute approximate surface area is 173 Å². The molecule has 0 aliphatic heterocycles. The summed E-state index contributed by atoms with van der Waals surface area (Å²) in [6.45, 7) is 0.783. The number of nitrogens with zero attached hydrogens (tertiary/aromatic N) is 1. The standard InChI is InChI=1S/C15H31N7O8/c1-22(17)14(26)10(8-12(16)24)20-15(27)21-11(9-23)13(25)19-2-3-28-4-5-29-6-7-30-18/h10-11,23H,2-9,17-18H2,1H3,(H2,16,24)(H,19,25)(H2,20,21,27)/t10-,11-/m1/s1. The first kappa shape index (κ1) is 27.4. The summed E-state index contributed by atoms with van der Waals surface area (Å²) in [4.78, 5) is 51.3. The third-order valence-electron chi connectivity index (χ3n) is 3.42. The number of carbonyl (C=O) groups is 4. The minimum absolute atomic E-state index is 0.116. The summed E-state index contributed by atoms with van der Waals surface area (Å²) in [5, 5.41) is 16.8. The summed E-state index contributed by atoms with van der Waals surface area (Å²) in [6, 6.07) is -3.60. The number of amides is 5. The Morgan fingerprint density at radius 3 is 2.10 bits per heavy atom. The molecule has 0 aromatic heterocycles. The molecule has 5 amide bonds. The summed E-state index contributed by atoms with van der Waals surface area (Å²) in [7, 11) is 1.22. The van der Waals surface area contributed by atoms with Crippen molar-refractivity contribution in [1.82, 2.24) is 21.0 Å². The average Bonchev–Trinajstić information content (AvgIpc) is 2.69. The molecule has 0 rings (SSSR count). The second-order valence-corrected chi connectivity index (χ2v) is 5.91. The molecule has 0 aliphatic rings. The average molecular weight is 437 g/mol. The molecule has 0 saturated heterocycles. The lowest BCUT2D eigenvalue weighted by molar-refractivity contribution is -0.134. The van der Waals surface area contributed by atoms with Crippen molar-refractivity contribution in [3.05, 3.63) is 0 Å². The normalized spacial score (nSPS) is 12.5. The van der Waals surface area contributed by atoms with Crippen LogP contribution >= 0.6 is 0 Å². The van der Waals surface area contributed by atoms with Gasteiger partial charge in [-0.05, 0) is 0 Å². The molecular formula is C15H31N7O8. The molecule has 0 radical (unpaired) electrons. The van der Waals surface area contributed by atoms with E-state index in [-0.39, 0.29) is 26.4 Å². The Hall–Kier alpha value is -2.56. The quantitative estimate of drug-likeness (QED) is 0.0527. The molecule has 0 fully saturated rings. The second kappa shape index (κ2) is 16.3. The lowest BCUT2D eigenvalue weighted by Gasteiger charge is -2.22. The van der Waals surface area contributed by atoms with Crippen LogP contribution in [0.25, 0.3) is 0 Å². The largest absolute Gasteiger partial charge is 0.394 e. The molecule has 15 nitrogen and oxygen atoms in total. The van der Waals surface area contributed by atoms with Gasteiger partial charge in [-0.1, -0.05) is 0 Å². The van der Waals surface area contributed by atoms with E-state index in [9.17, 15) is 24.3 Å². The highest BCUT2D eigenvalue weighted by Gasteiger charge is 2.27. The maximum atomic E-state index is 12.0. The maximum absolute atomic E-state index is 12.0. The smallest absolute Gasteiger partial charge is 0.316 e. The third kappa shape index (κ3) is 12.8. The second-order valence-electron chi connectivity index (χ2n) is 5.91. The van der Waals surface area contributed by atoms with Crippen molar-refractivity contribution >= 4 is 23.8 Å². The van der Waals surface area contributed by atoms with Crippen molar-refractivity contribution in [2.45, 2.75) is 18.5 Å². The number of hydrogen-bond donors (Lipinski definition) is 7. The molecule has 174 valence electrons.